The molecule has 0 bridgehead atoms. The zero-order valence-electron chi connectivity index (χ0n) is 21.0. The van der Waals surface area contributed by atoms with E-state index in [-0.39, 0.29) is 73.2 Å². The number of nitrogens with zero attached hydrogens (tertiary/aromatic N) is 5. The van der Waals surface area contributed by atoms with E-state index in [1.807, 2.05) is 0 Å². The normalized spacial score (nSPS) is 20.6. The van der Waals surface area contributed by atoms with Crippen LogP contribution in [0.4, 0.5) is 23.2 Å². The van der Waals surface area contributed by atoms with Gasteiger partial charge in [0.05, 0.1) is 27.8 Å². The van der Waals surface area contributed by atoms with E-state index in [9.17, 15) is 31.9 Å². The van der Waals surface area contributed by atoms with Gasteiger partial charge in [-0.3, -0.25) is 19.5 Å². The van der Waals surface area contributed by atoms with Crippen LogP contribution in [-0.4, -0.2) is 81.1 Å². The SMILES string of the molecule is O=C(c1ccc2[nH]ncc2n1)N1CCC2(CC1)C(=O)N(CC(=O)N1CCC[C@H]1C(F)(F)F)c1ccc(F)c(Cl)c12. The van der Waals surface area contributed by atoms with Crippen molar-refractivity contribution in [3.05, 3.63) is 52.6 Å². The Balaban J connectivity index is 1.26. The Kier molecular flexibility index (Phi) is 6.24. The van der Waals surface area contributed by atoms with Crippen molar-refractivity contribution in [3.63, 3.8) is 0 Å². The first kappa shape index (κ1) is 26.5. The molecule has 1 aromatic carbocycles. The summed E-state index contributed by atoms with van der Waals surface area (Å²) in [5, 5.41) is 6.38. The summed E-state index contributed by atoms with van der Waals surface area (Å²) in [5.41, 5.74) is 0.452. The van der Waals surface area contributed by atoms with Gasteiger partial charge in [-0.15, -0.1) is 0 Å². The van der Waals surface area contributed by atoms with Crippen LogP contribution < -0.4 is 4.90 Å². The largest absolute Gasteiger partial charge is 0.408 e. The standard InChI is InChI=1S/C26H23ClF4N6O3/c27-22-14(28)3-6-18-21(22)25(24(40)37(18)13-20(38)36-9-1-2-19(36)26(29,30)31)7-10-35(11-8-25)23(39)16-5-4-15-17(33-16)12-32-34-15/h3-6,12,19H,1-2,7-11,13H2,(H,32,34)/t19-/m0/s1. The number of H-pyrrole nitrogens is 1. The van der Waals surface area contributed by atoms with Crippen molar-refractivity contribution in [1.29, 1.82) is 0 Å². The number of aromatic nitrogens is 3. The lowest BCUT2D eigenvalue weighted by atomic mass is 9.73. The number of amides is 3. The summed E-state index contributed by atoms with van der Waals surface area (Å²) in [6.45, 7) is -0.458. The number of rotatable bonds is 3. The molecule has 6 rings (SSSR count). The average molecular weight is 579 g/mol. The minimum atomic E-state index is -4.58. The number of benzene rings is 1. The predicted molar refractivity (Wildman–Crippen MR) is 135 cm³/mol. The van der Waals surface area contributed by atoms with Crippen LogP contribution in [0.3, 0.4) is 0 Å². The number of anilines is 1. The molecule has 40 heavy (non-hydrogen) atoms. The zero-order chi connectivity index (χ0) is 28.4. The third-order valence-corrected chi connectivity index (χ3v) is 8.53. The van der Waals surface area contributed by atoms with Crippen LogP contribution in [0.1, 0.15) is 41.7 Å². The molecule has 0 saturated carbocycles. The molecule has 2 saturated heterocycles. The number of likely N-dealkylation sites (tertiary alicyclic amines) is 2. The highest BCUT2D eigenvalue weighted by atomic mass is 35.5. The van der Waals surface area contributed by atoms with Crippen molar-refractivity contribution in [1.82, 2.24) is 25.0 Å². The van der Waals surface area contributed by atoms with Crippen molar-refractivity contribution < 1.29 is 31.9 Å². The van der Waals surface area contributed by atoms with Crippen molar-refractivity contribution in [2.24, 2.45) is 0 Å². The van der Waals surface area contributed by atoms with Gasteiger partial charge in [-0.25, -0.2) is 9.37 Å². The van der Waals surface area contributed by atoms with Crippen LogP contribution in [0.5, 0.6) is 0 Å². The number of carbonyl (C=O) groups is 3. The average Bonchev–Trinajstić information content (AvgIpc) is 3.66. The number of carbonyl (C=O) groups excluding carboxylic acids is 3. The van der Waals surface area contributed by atoms with Gasteiger partial charge in [-0.05, 0) is 49.9 Å². The summed E-state index contributed by atoms with van der Waals surface area (Å²) in [5.74, 6) is -2.50. The topological polar surface area (TPSA) is 102 Å². The number of hydrogen-bond acceptors (Lipinski definition) is 5. The van der Waals surface area contributed by atoms with E-state index >= 15 is 0 Å². The summed E-state index contributed by atoms with van der Waals surface area (Å²) in [6, 6.07) is 3.73. The number of pyridine rings is 1. The van der Waals surface area contributed by atoms with Crippen molar-refractivity contribution in [2.45, 2.75) is 43.3 Å². The zero-order valence-corrected chi connectivity index (χ0v) is 21.7. The van der Waals surface area contributed by atoms with Crippen LogP contribution in [0.2, 0.25) is 5.02 Å². The van der Waals surface area contributed by atoms with E-state index in [1.165, 1.54) is 17.2 Å². The lowest BCUT2D eigenvalue weighted by Crippen LogP contribution is -2.53. The predicted octanol–water partition coefficient (Wildman–Crippen LogP) is 3.82. The quantitative estimate of drug-likeness (QED) is 0.476. The molecule has 3 aliphatic heterocycles. The van der Waals surface area contributed by atoms with Gasteiger partial charge >= 0.3 is 6.18 Å². The molecule has 3 aliphatic rings. The van der Waals surface area contributed by atoms with E-state index in [2.05, 4.69) is 15.2 Å². The number of halogens is 5. The molecule has 14 heteroatoms. The number of fused-ring (bicyclic) bond motifs is 3. The molecule has 210 valence electrons. The molecule has 3 aromatic rings. The van der Waals surface area contributed by atoms with Gasteiger partial charge in [0.2, 0.25) is 11.8 Å². The molecule has 2 fully saturated rings. The van der Waals surface area contributed by atoms with Gasteiger partial charge in [0.1, 0.15) is 29.6 Å². The smallest absolute Gasteiger partial charge is 0.337 e. The Bertz CT molecular complexity index is 1530. The van der Waals surface area contributed by atoms with Crippen molar-refractivity contribution in [2.75, 3.05) is 31.1 Å². The van der Waals surface area contributed by atoms with E-state index in [0.717, 1.165) is 15.9 Å². The highest BCUT2D eigenvalue weighted by Gasteiger charge is 2.55. The lowest BCUT2D eigenvalue weighted by Gasteiger charge is -2.38. The van der Waals surface area contributed by atoms with E-state index < -0.39 is 41.8 Å². The van der Waals surface area contributed by atoms with E-state index in [4.69, 9.17) is 11.6 Å². The lowest BCUT2D eigenvalue weighted by molar-refractivity contribution is -0.182. The maximum atomic E-state index is 14.6. The summed E-state index contributed by atoms with van der Waals surface area (Å²) in [6.07, 6.45) is -2.91. The van der Waals surface area contributed by atoms with Gasteiger partial charge in [0.25, 0.3) is 5.91 Å². The second-order valence-corrected chi connectivity index (χ2v) is 10.7. The third-order valence-electron chi connectivity index (χ3n) is 8.16. The Labute approximate surface area is 230 Å². The molecule has 0 aliphatic carbocycles. The van der Waals surface area contributed by atoms with Crippen molar-refractivity contribution in [3.8, 4) is 0 Å². The minimum Gasteiger partial charge on any atom is -0.337 e. The summed E-state index contributed by atoms with van der Waals surface area (Å²) < 4.78 is 55.1. The molecular formula is C26H23ClF4N6O3. The molecule has 1 atom stereocenters. The summed E-state index contributed by atoms with van der Waals surface area (Å²) in [4.78, 5) is 47.9. The fraction of sp³-hybridized carbons (Fsp3) is 0.423. The van der Waals surface area contributed by atoms with Crippen LogP contribution in [0.25, 0.3) is 11.0 Å². The van der Waals surface area contributed by atoms with Crippen LogP contribution in [0.15, 0.2) is 30.5 Å². The first-order chi connectivity index (χ1) is 19.0. The summed E-state index contributed by atoms with van der Waals surface area (Å²) in [7, 11) is 0. The maximum Gasteiger partial charge on any atom is 0.408 e. The number of nitrogens with one attached hydrogen (secondary N) is 1. The maximum absolute atomic E-state index is 14.6. The van der Waals surface area contributed by atoms with Crippen LogP contribution >= 0.6 is 11.6 Å². The Morgan fingerprint density at radius 1 is 1.12 bits per heavy atom. The van der Waals surface area contributed by atoms with E-state index in [0.29, 0.717) is 11.0 Å². The monoisotopic (exact) mass is 578 g/mol. The second kappa shape index (κ2) is 9.43. The molecule has 0 unspecified atom stereocenters. The highest BCUT2D eigenvalue weighted by Crippen LogP contribution is 2.51. The first-order valence-corrected chi connectivity index (χ1v) is 13.1. The van der Waals surface area contributed by atoms with E-state index in [1.54, 1.807) is 12.1 Å². The molecular weight excluding hydrogens is 556 g/mol. The Morgan fingerprint density at radius 2 is 1.88 bits per heavy atom. The Morgan fingerprint density at radius 3 is 2.60 bits per heavy atom. The number of piperidine rings is 1. The number of alkyl halides is 3. The third kappa shape index (κ3) is 4.09. The fourth-order valence-corrected chi connectivity index (χ4v) is 6.49. The van der Waals surface area contributed by atoms with Crippen LogP contribution in [0, 0.1) is 5.82 Å². The molecule has 5 heterocycles. The molecule has 9 nitrogen and oxygen atoms in total. The van der Waals surface area contributed by atoms with Crippen LogP contribution in [-0.2, 0) is 15.0 Å². The number of hydrogen-bond donors (Lipinski definition) is 1. The molecule has 1 spiro atoms. The van der Waals surface area contributed by atoms with Gasteiger partial charge in [0, 0.05) is 25.2 Å². The van der Waals surface area contributed by atoms with Gasteiger partial charge in [-0.2, -0.15) is 18.3 Å². The molecule has 1 N–H and O–H groups in total. The minimum absolute atomic E-state index is 0.0665. The second-order valence-electron chi connectivity index (χ2n) is 10.3. The molecule has 2 aromatic heterocycles. The molecule has 3 amide bonds. The van der Waals surface area contributed by atoms with Crippen molar-refractivity contribution >= 4 is 46.0 Å². The number of aromatic amines is 1. The van der Waals surface area contributed by atoms with Gasteiger partial charge < -0.3 is 14.7 Å². The highest BCUT2D eigenvalue weighted by molar-refractivity contribution is 6.33. The van der Waals surface area contributed by atoms with Gasteiger partial charge in [-0.1, -0.05) is 11.6 Å². The van der Waals surface area contributed by atoms with Gasteiger partial charge in [0.15, 0.2) is 0 Å². The first-order valence-electron chi connectivity index (χ1n) is 12.8. The molecule has 0 radical (unpaired) electrons. The Hall–Kier alpha value is -3.74. The summed E-state index contributed by atoms with van der Waals surface area (Å²) >= 11 is 6.38. The fourth-order valence-electron chi connectivity index (χ4n) is 6.15.